The fraction of sp³-hybridized carbons (Fsp3) is 0.438. The van der Waals surface area contributed by atoms with Gasteiger partial charge in [-0.25, -0.2) is 0 Å². The number of hydrogen-bond acceptors (Lipinski definition) is 3. The average molecular weight is 273 g/mol. The van der Waals surface area contributed by atoms with Crippen LogP contribution in [0.2, 0.25) is 0 Å². The van der Waals surface area contributed by atoms with Crippen molar-refractivity contribution in [3.05, 3.63) is 29.8 Å². The first-order chi connectivity index (χ1) is 9.65. The molecule has 2 aliphatic rings. The van der Waals surface area contributed by atoms with Crippen molar-refractivity contribution in [3.63, 3.8) is 0 Å². The third-order valence-electron chi connectivity index (χ3n) is 3.57. The van der Waals surface area contributed by atoms with Crippen LogP contribution in [0, 0.1) is 0 Å². The monoisotopic (exact) mass is 273 g/mol. The summed E-state index contributed by atoms with van der Waals surface area (Å²) in [6.45, 7) is 4.39. The van der Waals surface area contributed by atoms with Crippen molar-refractivity contribution in [2.24, 2.45) is 0 Å². The molecule has 0 radical (unpaired) electrons. The molecule has 4 nitrogen and oxygen atoms in total. The highest BCUT2D eigenvalue weighted by atomic mass is 16.7. The number of carbonyl (C=O) groups excluding carboxylic acids is 1. The number of carbonyl (C=O) groups is 1. The van der Waals surface area contributed by atoms with Crippen LogP contribution in [0.15, 0.2) is 24.3 Å². The Labute approximate surface area is 119 Å². The van der Waals surface area contributed by atoms with Crippen molar-refractivity contribution in [3.8, 4) is 11.5 Å². The second kappa shape index (κ2) is 5.19. The van der Waals surface area contributed by atoms with Crippen LogP contribution in [0.3, 0.4) is 0 Å². The van der Waals surface area contributed by atoms with Crippen molar-refractivity contribution in [2.75, 3.05) is 6.79 Å². The predicted molar refractivity (Wildman–Crippen MR) is 76.6 cm³/mol. The molecule has 1 aromatic rings. The van der Waals surface area contributed by atoms with Gasteiger partial charge in [-0.2, -0.15) is 0 Å². The van der Waals surface area contributed by atoms with E-state index in [1.54, 1.807) is 6.08 Å². The Hall–Kier alpha value is -1.97. The van der Waals surface area contributed by atoms with Crippen molar-refractivity contribution >= 4 is 12.0 Å². The number of ether oxygens (including phenoxy) is 2. The van der Waals surface area contributed by atoms with E-state index in [0.717, 1.165) is 29.9 Å². The Morgan fingerprint density at radius 2 is 2.05 bits per heavy atom. The molecule has 0 unspecified atom stereocenters. The van der Waals surface area contributed by atoms with E-state index in [2.05, 4.69) is 13.8 Å². The van der Waals surface area contributed by atoms with Gasteiger partial charge < -0.3 is 14.4 Å². The van der Waals surface area contributed by atoms with Crippen molar-refractivity contribution in [1.82, 2.24) is 4.90 Å². The van der Waals surface area contributed by atoms with Gasteiger partial charge in [0.05, 0.1) is 0 Å². The molecule has 0 bridgehead atoms. The molecule has 1 aliphatic heterocycles. The van der Waals surface area contributed by atoms with Crippen LogP contribution < -0.4 is 9.47 Å². The summed E-state index contributed by atoms with van der Waals surface area (Å²) < 4.78 is 10.6. The van der Waals surface area contributed by atoms with Crippen LogP contribution in [0.4, 0.5) is 0 Å². The van der Waals surface area contributed by atoms with Gasteiger partial charge in [0.2, 0.25) is 12.7 Å². The number of fused-ring (bicyclic) bond motifs is 1. The first kappa shape index (κ1) is 13.0. The minimum Gasteiger partial charge on any atom is -0.454 e. The topological polar surface area (TPSA) is 38.8 Å². The molecule has 4 heteroatoms. The molecule has 1 saturated carbocycles. The molecular formula is C16H19NO3. The van der Waals surface area contributed by atoms with Crippen molar-refractivity contribution in [1.29, 1.82) is 0 Å². The lowest BCUT2D eigenvalue weighted by Crippen LogP contribution is -2.37. The third-order valence-corrected chi connectivity index (χ3v) is 3.57. The van der Waals surface area contributed by atoms with Gasteiger partial charge in [-0.15, -0.1) is 0 Å². The predicted octanol–water partition coefficient (Wildman–Crippen LogP) is 2.83. The summed E-state index contributed by atoms with van der Waals surface area (Å²) in [7, 11) is 0. The van der Waals surface area contributed by atoms with Gasteiger partial charge in [0.15, 0.2) is 11.5 Å². The van der Waals surface area contributed by atoms with Gasteiger partial charge in [0.25, 0.3) is 0 Å². The molecule has 1 heterocycles. The molecule has 106 valence electrons. The maximum absolute atomic E-state index is 12.3. The fourth-order valence-corrected chi connectivity index (χ4v) is 2.48. The summed E-state index contributed by atoms with van der Waals surface area (Å²) in [4.78, 5) is 14.2. The first-order valence-corrected chi connectivity index (χ1v) is 7.05. The van der Waals surface area contributed by atoms with Gasteiger partial charge in [0.1, 0.15) is 0 Å². The van der Waals surface area contributed by atoms with Crippen LogP contribution in [-0.2, 0) is 4.79 Å². The lowest BCUT2D eigenvalue weighted by atomic mass is 10.2. The Bertz CT molecular complexity index is 545. The molecule has 0 saturated heterocycles. The molecule has 0 atom stereocenters. The van der Waals surface area contributed by atoms with E-state index < -0.39 is 0 Å². The summed E-state index contributed by atoms with van der Waals surface area (Å²) in [6, 6.07) is 6.37. The fourth-order valence-electron chi connectivity index (χ4n) is 2.48. The second-order valence-corrected chi connectivity index (χ2v) is 5.52. The second-order valence-electron chi connectivity index (χ2n) is 5.52. The maximum Gasteiger partial charge on any atom is 0.247 e. The number of nitrogens with zero attached hydrogens (tertiary/aromatic N) is 1. The van der Waals surface area contributed by atoms with Crippen molar-refractivity contribution in [2.45, 2.75) is 38.8 Å². The quantitative estimate of drug-likeness (QED) is 0.792. The highest BCUT2D eigenvalue weighted by Gasteiger charge is 2.33. The molecule has 3 rings (SSSR count). The van der Waals surface area contributed by atoms with Gasteiger partial charge >= 0.3 is 0 Å². The molecule has 0 aromatic heterocycles. The summed E-state index contributed by atoms with van der Waals surface area (Å²) >= 11 is 0. The van der Waals surface area contributed by atoms with E-state index in [0.29, 0.717) is 6.04 Å². The number of benzene rings is 1. The Morgan fingerprint density at radius 3 is 2.75 bits per heavy atom. The van der Waals surface area contributed by atoms with E-state index in [1.807, 2.05) is 29.2 Å². The summed E-state index contributed by atoms with van der Waals surface area (Å²) in [5, 5.41) is 0. The molecule has 1 amide bonds. The third kappa shape index (κ3) is 2.64. The number of hydrogen-bond donors (Lipinski definition) is 0. The van der Waals surface area contributed by atoms with Crippen LogP contribution in [-0.4, -0.2) is 29.7 Å². The van der Waals surface area contributed by atoms with Gasteiger partial charge in [-0.1, -0.05) is 6.07 Å². The number of rotatable bonds is 4. The lowest BCUT2D eigenvalue weighted by molar-refractivity contribution is -0.128. The van der Waals surface area contributed by atoms with E-state index in [9.17, 15) is 4.79 Å². The van der Waals surface area contributed by atoms with Crippen LogP contribution in [0.25, 0.3) is 6.08 Å². The summed E-state index contributed by atoms with van der Waals surface area (Å²) in [6.07, 6.45) is 5.74. The number of amides is 1. The SMILES string of the molecule is CC(C)N(C(=O)/C=C/c1ccc2c(c1)OCO2)C1CC1. The van der Waals surface area contributed by atoms with E-state index in [4.69, 9.17) is 9.47 Å². The highest BCUT2D eigenvalue weighted by molar-refractivity contribution is 5.92. The Morgan fingerprint density at radius 1 is 1.30 bits per heavy atom. The zero-order valence-electron chi connectivity index (χ0n) is 11.8. The standard InChI is InChI=1S/C16H19NO3/c1-11(2)17(13-5-6-13)16(18)8-4-12-3-7-14-15(9-12)20-10-19-14/h3-4,7-9,11,13H,5-6,10H2,1-2H3/b8-4+. The molecular weight excluding hydrogens is 254 g/mol. The zero-order valence-corrected chi connectivity index (χ0v) is 11.8. The molecule has 0 spiro atoms. The summed E-state index contributed by atoms with van der Waals surface area (Å²) in [5.41, 5.74) is 0.946. The minimum absolute atomic E-state index is 0.0835. The van der Waals surface area contributed by atoms with E-state index >= 15 is 0 Å². The van der Waals surface area contributed by atoms with Crippen molar-refractivity contribution < 1.29 is 14.3 Å². The smallest absolute Gasteiger partial charge is 0.247 e. The first-order valence-electron chi connectivity index (χ1n) is 7.05. The van der Waals surface area contributed by atoms with E-state index in [-0.39, 0.29) is 18.7 Å². The minimum atomic E-state index is 0.0835. The zero-order chi connectivity index (χ0) is 14.1. The summed E-state index contributed by atoms with van der Waals surface area (Å²) in [5.74, 6) is 1.58. The van der Waals surface area contributed by atoms with Gasteiger partial charge in [-0.05, 0) is 50.5 Å². The largest absolute Gasteiger partial charge is 0.454 e. The lowest BCUT2D eigenvalue weighted by Gasteiger charge is -2.25. The van der Waals surface area contributed by atoms with Crippen LogP contribution in [0.1, 0.15) is 32.3 Å². The normalized spacial score (nSPS) is 16.9. The molecule has 1 aliphatic carbocycles. The van der Waals surface area contributed by atoms with Crippen LogP contribution in [0.5, 0.6) is 11.5 Å². The van der Waals surface area contributed by atoms with E-state index in [1.165, 1.54) is 0 Å². The molecule has 0 N–H and O–H groups in total. The Kier molecular flexibility index (Phi) is 3.38. The molecule has 1 aromatic carbocycles. The average Bonchev–Trinajstić information content (AvgIpc) is 3.12. The van der Waals surface area contributed by atoms with Crippen LogP contribution >= 0.6 is 0 Å². The van der Waals surface area contributed by atoms with Gasteiger partial charge in [-0.3, -0.25) is 4.79 Å². The Balaban J connectivity index is 1.71. The van der Waals surface area contributed by atoms with Gasteiger partial charge in [0, 0.05) is 18.2 Å². The molecule has 20 heavy (non-hydrogen) atoms. The maximum atomic E-state index is 12.3. The highest BCUT2D eigenvalue weighted by Crippen LogP contribution is 2.33. The molecule has 1 fully saturated rings.